The molecule has 2 saturated carbocycles. The number of aromatic nitrogens is 2. The largest absolute Gasteiger partial charge is 0.494 e. The van der Waals surface area contributed by atoms with E-state index in [1.165, 1.54) is 7.05 Å². The molecule has 0 bridgehead atoms. The second kappa shape index (κ2) is 7.49. The molecule has 174 valence electrons. The highest BCUT2D eigenvalue weighted by Gasteiger charge is 2.64. The summed E-state index contributed by atoms with van der Waals surface area (Å²) < 4.78 is 2.27. The zero-order chi connectivity index (χ0) is 23.4. The van der Waals surface area contributed by atoms with Crippen LogP contribution in [0.2, 0.25) is 0 Å². The minimum absolute atomic E-state index is 0.101. The summed E-state index contributed by atoms with van der Waals surface area (Å²) in [6, 6.07) is -0.751. The van der Waals surface area contributed by atoms with Crippen molar-refractivity contribution in [3.8, 4) is 5.88 Å². The standard InChI is InChI=1S/C21H30N6O5/c1-3-4-9-26-15(28)13(14(22)23)16(29)27(19(26)32)12-5-7-20(8-6-12)10-21(11-20)17(30)25(2)18(31)24-21/h12,28H,3-11H2,1-2H3,(H3,22,23)(H,24,31). The van der Waals surface area contributed by atoms with Gasteiger partial charge in [0, 0.05) is 19.6 Å². The molecule has 1 aromatic rings. The van der Waals surface area contributed by atoms with Crippen LogP contribution < -0.4 is 22.3 Å². The van der Waals surface area contributed by atoms with Gasteiger partial charge < -0.3 is 16.2 Å². The minimum Gasteiger partial charge on any atom is -0.494 e. The Labute approximate surface area is 184 Å². The molecule has 5 N–H and O–H groups in total. The van der Waals surface area contributed by atoms with Crippen molar-refractivity contribution in [3.63, 3.8) is 0 Å². The summed E-state index contributed by atoms with van der Waals surface area (Å²) in [6.45, 7) is 2.18. The van der Waals surface area contributed by atoms with E-state index < -0.39 is 28.5 Å². The number of carbonyl (C=O) groups excluding carboxylic acids is 2. The second-order valence-corrected chi connectivity index (χ2v) is 9.54. The molecule has 4 rings (SSSR count). The summed E-state index contributed by atoms with van der Waals surface area (Å²) in [5.74, 6) is -1.32. The van der Waals surface area contributed by atoms with Crippen molar-refractivity contribution in [1.29, 1.82) is 5.41 Å². The number of urea groups is 1. The van der Waals surface area contributed by atoms with Crippen LogP contribution in [0, 0.1) is 10.8 Å². The van der Waals surface area contributed by atoms with Gasteiger partial charge in [-0.2, -0.15) is 0 Å². The first-order valence-electron chi connectivity index (χ1n) is 11.1. The van der Waals surface area contributed by atoms with Gasteiger partial charge in [0.2, 0.25) is 5.88 Å². The number of nitrogens with two attached hydrogens (primary N) is 1. The van der Waals surface area contributed by atoms with E-state index in [0.29, 0.717) is 44.9 Å². The van der Waals surface area contributed by atoms with E-state index >= 15 is 0 Å². The van der Waals surface area contributed by atoms with E-state index in [1.807, 2.05) is 6.92 Å². The summed E-state index contributed by atoms with van der Waals surface area (Å²) in [5.41, 5.74) is 2.98. The number of carbonyl (C=O) groups is 2. The highest BCUT2D eigenvalue weighted by Crippen LogP contribution is 2.59. The van der Waals surface area contributed by atoms with Gasteiger partial charge in [-0.05, 0) is 50.4 Å². The van der Waals surface area contributed by atoms with E-state index in [0.717, 1.165) is 20.5 Å². The van der Waals surface area contributed by atoms with Crippen LogP contribution in [-0.2, 0) is 11.3 Å². The predicted octanol–water partition coefficient (Wildman–Crippen LogP) is 0.615. The van der Waals surface area contributed by atoms with Crippen molar-refractivity contribution >= 4 is 17.8 Å². The Morgan fingerprint density at radius 2 is 1.84 bits per heavy atom. The summed E-state index contributed by atoms with van der Waals surface area (Å²) in [6.07, 6.45) is 5.08. The van der Waals surface area contributed by atoms with Crippen molar-refractivity contribution in [3.05, 3.63) is 26.4 Å². The first kappa shape index (κ1) is 22.1. The molecule has 0 aromatic carbocycles. The lowest BCUT2D eigenvalue weighted by Gasteiger charge is -2.55. The molecule has 0 unspecified atom stereocenters. The van der Waals surface area contributed by atoms with Gasteiger partial charge in [0.1, 0.15) is 16.9 Å². The smallest absolute Gasteiger partial charge is 0.334 e. The molecule has 3 aliphatic rings. The summed E-state index contributed by atoms with van der Waals surface area (Å²) in [7, 11) is 1.47. The van der Waals surface area contributed by atoms with Gasteiger partial charge in [0.15, 0.2) is 0 Å². The Hall–Kier alpha value is -3.11. The quantitative estimate of drug-likeness (QED) is 0.294. The monoisotopic (exact) mass is 446 g/mol. The van der Waals surface area contributed by atoms with Crippen molar-refractivity contribution < 1.29 is 14.7 Å². The lowest BCUT2D eigenvalue weighted by Crippen LogP contribution is -2.63. The molecule has 32 heavy (non-hydrogen) atoms. The van der Waals surface area contributed by atoms with Crippen molar-refractivity contribution in [1.82, 2.24) is 19.4 Å². The Morgan fingerprint density at radius 3 is 2.34 bits per heavy atom. The van der Waals surface area contributed by atoms with E-state index in [-0.39, 0.29) is 35.5 Å². The van der Waals surface area contributed by atoms with Gasteiger partial charge in [0.25, 0.3) is 11.5 Å². The third-order valence-electron chi connectivity index (χ3n) is 7.45. The number of aromatic hydroxyl groups is 1. The Bertz CT molecular complexity index is 1100. The Balaban J connectivity index is 1.58. The summed E-state index contributed by atoms with van der Waals surface area (Å²) in [4.78, 5) is 51.6. The van der Waals surface area contributed by atoms with Gasteiger partial charge in [-0.1, -0.05) is 13.3 Å². The van der Waals surface area contributed by atoms with Gasteiger partial charge in [0.05, 0.1) is 0 Å². The second-order valence-electron chi connectivity index (χ2n) is 9.54. The van der Waals surface area contributed by atoms with E-state index in [9.17, 15) is 24.3 Å². The lowest BCUT2D eigenvalue weighted by atomic mass is 9.51. The van der Waals surface area contributed by atoms with Gasteiger partial charge in [-0.15, -0.1) is 0 Å². The fourth-order valence-corrected chi connectivity index (χ4v) is 5.78. The Kier molecular flexibility index (Phi) is 5.17. The maximum Gasteiger partial charge on any atom is 0.334 e. The first-order valence-corrected chi connectivity index (χ1v) is 11.1. The van der Waals surface area contributed by atoms with Gasteiger partial charge >= 0.3 is 11.7 Å². The van der Waals surface area contributed by atoms with Crippen molar-refractivity contribution in [2.24, 2.45) is 11.1 Å². The maximum atomic E-state index is 13.1. The molecule has 1 saturated heterocycles. The van der Waals surface area contributed by atoms with E-state index in [1.54, 1.807) is 0 Å². The molecule has 0 radical (unpaired) electrons. The van der Waals surface area contributed by atoms with Crippen LogP contribution >= 0.6 is 0 Å². The lowest BCUT2D eigenvalue weighted by molar-refractivity contribution is -0.141. The summed E-state index contributed by atoms with van der Waals surface area (Å²) in [5, 5.41) is 21.0. The number of nitrogens with zero attached hydrogens (tertiary/aromatic N) is 3. The number of hydrogen-bond acceptors (Lipinski definition) is 6. The fraction of sp³-hybridized carbons (Fsp3) is 0.667. The number of nitrogens with one attached hydrogen (secondary N) is 2. The fourth-order valence-electron chi connectivity index (χ4n) is 5.78. The SMILES string of the molecule is CCCCn1c(O)c(C(=N)N)c(=O)n(C2CCC3(CC2)CC2(C3)NC(=O)N(C)C2=O)c1=O. The van der Waals surface area contributed by atoms with Crippen LogP contribution in [0.4, 0.5) is 4.79 Å². The van der Waals surface area contributed by atoms with Crippen LogP contribution in [0.5, 0.6) is 5.88 Å². The molecule has 2 heterocycles. The average molecular weight is 447 g/mol. The minimum atomic E-state index is -0.817. The molecule has 2 aliphatic carbocycles. The molecule has 3 amide bonds. The van der Waals surface area contributed by atoms with Crippen LogP contribution in [0.3, 0.4) is 0 Å². The number of rotatable bonds is 5. The van der Waals surface area contributed by atoms with Crippen LogP contribution in [0.25, 0.3) is 0 Å². The average Bonchev–Trinajstić information content (AvgIpc) is 2.92. The van der Waals surface area contributed by atoms with Crippen LogP contribution in [0.15, 0.2) is 9.59 Å². The molecule has 1 aromatic heterocycles. The molecular formula is C21H30N6O5. The third kappa shape index (κ3) is 3.13. The van der Waals surface area contributed by atoms with Crippen LogP contribution in [0.1, 0.15) is 69.9 Å². The molecule has 11 heteroatoms. The number of unbranched alkanes of at least 4 members (excludes halogenated alkanes) is 1. The van der Waals surface area contributed by atoms with Gasteiger partial charge in [-0.3, -0.25) is 29.0 Å². The molecule has 11 nitrogen and oxygen atoms in total. The molecule has 2 spiro atoms. The third-order valence-corrected chi connectivity index (χ3v) is 7.45. The zero-order valence-electron chi connectivity index (χ0n) is 18.4. The van der Waals surface area contributed by atoms with E-state index in [4.69, 9.17) is 11.1 Å². The number of imide groups is 1. The molecule has 3 fully saturated rings. The highest BCUT2D eigenvalue weighted by atomic mass is 16.3. The molecular weight excluding hydrogens is 416 g/mol. The van der Waals surface area contributed by atoms with Crippen LogP contribution in [-0.4, -0.2) is 49.5 Å². The normalized spacial score (nSPS) is 29.4. The predicted molar refractivity (Wildman–Crippen MR) is 116 cm³/mol. The van der Waals surface area contributed by atoms with Crippen molar-refractivity contribution in [2.45, 2.75) is 76.4 Å². The van der Waals surface area contributed by atoms with Crippen molar-refractivity contribution in [2.75, 3.05) is 7.05 Å². The topological polar surface area (TPSA) is 164 Å². The van der Waals surface area contributed by atoms with Gasteiger partial charge in [-0.25, -0.2) is 9.59 Å². The summed E-state index contributed by atoms with van der Waals surface area (Å²) >= 11 is 0. The number of nitrogen functional groups attached to an aromatic ring is 1. The van der Waals surface area contributed by atoms with E-state index in [2.05, 4.69) is 5.32 Å². The number of amidine groups is 1. The Morgan fingerprint density at radius 1 is 1.22 bits per heavy atom. The zero-order valence-corrected chi connectivity index (χ0v) is 18.4. The molecule has 1 aliphatic heterocycles. The number of amides is 3. The molecule has 0 atom stereocenters. The highest BCUT2D eigenvalue weighted by molar-refractivity contribution is 6.07. The maximum absolute atomic E-state index is 13.1. The number of hydrogen-bond donors (Lipinski definition) is 4. The number of likely N-dealkylation sites (N-methyl/N-ethyl adjacent to an activating group) is 1. The first-order chi connectivity index (χ1) is 15.1.